The van der Waals surface area contributed by atoms with E-state index in [1.54, 1.807) is 24.8 Å². The molecule has 170 valence electrons. The zero-order chi connectivity index (χ0) is 23.4. The number of benzene rings is 2. The minimum absolute atomic E-state index is 0. The molecule has 0 atom stereocenters. The summed E-state index contributed by atoms with van der Waals surface area (Å²) in [7, 11) is 0. The minimum atomic E-state index is 0. The van der Waals surface area contributed by atoms with Gasteiger partial charge in [0.2, 0.25) is 0 Å². The standard InChI is InChI=1S/2C6H7N.2C4H8N2O2.Co/c2*7-6-4-2-1-3-5-6;2*1-3(5-7)4(2)6-8;/h2*1-5H,7H2;2*5,7H,1-2H3;/q;;;;+3. The molecule has 11 heteroatoms. The maximum atomic E-state index is 9.65. The summed E-state index contributed by atoms with van der Waals surface area (Å²) >= 11 is 0. The molecule has 2 aromatic rings. The largest absolute Gasteiger partial charge is 3.00 e. The molecule has 0 saturated carbocycles. The van der Waals surface area contributed by atoms with Crippen LogP contribution in [0.1, 0.15) is 27.7 Å². The van der Waals surface area contributed by atoms with E-state index in [1.165, 1.54) is 13.8 Å². The van der Waals surface area contributed by atoms with E-state index in [0.29, 0.717) is 11.4 Å². The molecule has 0 saturated heterocycles. The molecule has 10 nitrogen and oxygen atoms in total. The van der Waals surface area contributed by atoms with E-state index in [4.69, 9.17) is 21.9 Å². The average Bonchev–Trinajstić information content (AvgIpc) is 2.79. The van der Waals surface area contributed by atoms with Gasteiger partial charge >= 0.3 is 16.8 Å². The van der Waals surface area contributed by atoms with Crippen LogP contribution in [0.4, 0.5) is 11.4 Å². The molecular formula is C20H30CoN6O4+3. The molecule has 0 fully saturated rings. The fourth-order valence-electron chi connectivity index (χ4n) is 1.20. The van der Waals surface area contributed by atoms with Gasteiger partial charge in [-0.3, -0.25) is 21.4 Å². The van der Waals surface area contributed by atoms with E-state index in [2.05, 4.69) is 10.4 Å². The summed E-state index contributed by atoms with van der Waals surface area (Å²) in [5.41, 5.74) is 17.2. The van der Waals surface area contributed by atoms with Crippen LogP contribution in [-0.4, -0.2) is 10.4 Å². The number of hydrogen-bond acceptors (Lipinski definition) is 10. The van der Waals surface area contributed by atoms with Crippen LogP contribution in [0.3, 0.4) is 0 Å². The number of nitrogens with two attached hydrogens (primary N) is 2. The molecule has 31 heavy (non-hydrogen) atoms. The van der Waals surface area contributed by atoms with E-state index >= 15 is 0 Å². The second-order valence-corrected chi connectivity index (χ2v) is 5.65. The fourth-order valence-corrected chi connectivity index (χ4v) is 1.20. The number of para-hydroxylation sites is 2. The van der Waals surface area contributed by atoms with Crippen LogP contribution >= 0.6 is 0 Å². The quantitative estimate of drug-likeness (QED) is 0.212. The molecule has 0 heterocycles. The van der Waals surface area contributed by atoms with Crippen molar-refractivity contribution in [2.45, 2.75) is 27.7 Å². The Kier molecular flexibility index (Phi) is 22.4. The third kappa shape index (κ3) is 19.8. The van der Waals surface area contributed by atoms with Crippen LogP contribution in [0, 0.1) is 9.81 Å². The molecule has 0 bridgehead atoms. The van der Waals surface area contributed by atoms with Gasteiger partial charge in [0.25, 0.3) is 0 Å². The Labute approximate surface area is 192 Å². The van der Waals surface area contributed by atoms with Crippen molar-refractivity contribution in [2.24, 2.45) is 10.4 Å². The van der Waals surface area contributed by atoms with Crippen LogP contribution in [0.5, 0.6) is 0 Å². The summed E-state index contributed by atoms with van der Waals surface area (Å²) in [4.78, 5) is 19.3. The van der Waals surface area contributed by atoms with Crippen molar-refractivity contribution in [3.8, 4) is 0 Å². The van der Waals surface area contributed by atoms with E-state index in [0.717, 1.165) is 11.4 Å². The predicted molar refractivity (Wildman–Crippen MR) is 120 cm³/mol. The van der Waals surface area contributed by atoms with E-state index < -0.39 is 0 Å². The molecule has 0 amide bonds. The van der Waals surface area contributed by atoms with Crippen molar-refractivity contribution in [1.29, 1.82) is 0 Å². The summed E-state index contributed by atoms with van der Waals surface area (Å²) in [5.74, 6) is 0. The fraction of sp³-hybridized carbons (Fsp3) is 0.200. The number of allylic oxidation sites excluding steroid dienone is 4. The van der Waals surface area contributed by atoms with Gasteiger partial charge in [-0.1, -0.05) is 36.4 Å². The topological polar surface area (TPSA) is 175 Å². The molecule has 0 aromatic heterocycles. The van der Waals surface area contributed by atoms with Crippen molar-refractivity contribution in [3.63, 3.8) is 0 Å². The number of hydrogen-bond donors (Lipinski definition) is 6. The van der Waals surface area contributed by atoms with Crippen molar-refractivity contribution < 1.29 is 27.2 Å². The molecule has 0 spiro atoms. The maximum absolute atomic E-state index is 9.65. The normalized spacial score (nSPS) is 10.3. The van der Waals surface area contributed by atoms with E-state index in [9.17, 15) is 9.81 Å². The molecule has 0 aliphatic carbocycles. The number of nitrogens with zero attached hydrogens (tertiary/aromatic N) is 2. The second-order valence-electron chi connectivity index (χ2n) is 5.65. The molecule has 2 rings (SSSR count). The Morgan fingerprint density at radius 1 is 0.677 bits per heavy atom. The van der Waals surface area contributed by atoms with Gasteiger partial charge in [0.15, 0.2) is 0 Å². The van der Waals surface area contributed by atoms with Gasteiger partial charge in [0, 0.05) is 11.4 Å². The van der Waals surface area contributed by atoms with Crippen LogP contribution in [0.15, 0.2) is 93.8 Å². The van der Waals surface area contributed by atoms with Gasteiger partial charge in [-0.05, 0) is 62.3 Å². The number of nitrogens with one attached hydrogen (secondary N) is 2. The maximum Gasteiger partial charge on any atom is 3.00 e. The number of nitroso groups, excluding NO2 is 2. The molecule has 0 radical (unpaired) electrons. The van der Waals surface area contributed by atoms with E-state index in [-0.39, 0.29) is 28.2 Å². The van der Waals surface area contributed by atoms with Crippen molar-refractivity contribution in [3.05, 3.63) is 93.3 Å². The van der Waals surface area contributed by atoms with Gasteiger partial charge in [-0.15, -0.1) is 9.81 Å². The van der Waals surface area contributed by atoms with Crippen LogP contribution in [0.2, 0.25) is 0 Å². The molecule has 0 aliphatic heterocycles. The van der Waals surface area contributed by atoms with Crippen molar-refractivity contribution >= 4 is 11.4 Å². The van der Waals surface area contributed by atoms with Crippen molar-refractivity contribution in [2.75, 3.05) is 11.5 Å². The molecule has 2 aromatic carbocycles. The monoisotopic (exact) mass is 477 g/mol. The van der Waals surface area contributed by atoms with E-state index in [1.807, 2.05) is 60.7 Å². The van der Waals surface area contributed by atoms with Gasteiger partial charge in [-0.2, -0.15) is 0 Å². The Morgan fingerprint density at radius 3 is 1.03 bits per heavy atom. The zero-order valence-electron chi connectivity index (χ0n) is 17.9. The summed E-state index contributed by atoms with van der Waals surface area (Å²) < 4.78 is 0. The Balaban J connectivity index is -0.000000334. The number of nitrogen functional groups attached to an aromatic ring is 2. The second kappa shape index (κ2) is 21.5. The molecule has 8 N–H and O–H groups in total. The summed E-state index contributed by atoms with van der Waals surface area (Å²) in [5, 5.41) is 21.4. The van der Waals surface area contributed by atoms with Gasteiger partial charge in [0.1, 0.15) is 11.4 Å². The summed E-state index contributed by atoms with van der Waals surface area (Å²) in [6.07, 6.45) is 0. The third-order valence-electron chi connectivity index (χ3n) is 3.29. The number of hydroxylamine groups is 2. The number of rotatable bonds is 4. The molecule has 0 unspecified atom stereocenters. The SMILES string of the molecule is CC(N=O)=C(C)NO.CC(N=O)=C(C)NO.Nc1ccccc1.Nc1ccccc1.[Co+3]. The third-order valence-corrected chi connectivity index (χ3v) is 3.29. The Bertz CT molecular complexity index is 719. The number of anilines is 2. The molecular weight excluding hydrogens is 447 g/mol. The average molecular weight is 477 g/mol. The van der Waals surface area contributed by atoms with Crippen molar-refractivity contribution in [1.82, 2.24) is 11.0 Å². The first-order valence-corrected chi connectivity index (χ1v) is 8.66. The summed E-state index contributed by atoms with van der Waals surface area (Å²) in [6.45, 7) is 6.12. The first-order valence-electron chi connectivity index (χ1n) is 8.66. The Hall–Kier alpha value is -3.25. The van der Waals surface area contributed by atoms with Gasteiger partial charge in [-0.25, -0.2) is 0 Å². The first kappa shape index (κ1) is 32.4. The van der Waals surface area contributed by atoms with Crippen LogP contribution in [-0.2, 0) is 16.8 Å². The zero-order valence-corrected chi connectivity index (χ0v) is 18.9. The van der Waals surface area contributed by atoms with Gasteiger partial charge in [0.05, 0.1) is 11.4 Å². The first-order chi connectivity index (χ1) is 14.2. The summed E-state index contributed by atoms with van der Waals surface area (Å²) in [6, 6.07) is 19.0. The molecule has 0 aliphatic rings. The van der Waals surface area contributed by atoms with Crippen LogP contribution < -0.4 is 22.4 Å². The predicted octanol–water partition coefficient (Wildman–Crippen LogP) is 4.50. The van der Waals surface area contributed by atoms with Crippen LogP contribution in [0.25, 0.3) is 0 Å². The smallest absolute Gasteiger partial charge is 0.399 e. The Morgan fingerprint density at radius 2 is 0.935 bits per heavy atom. The minimum Gasteiger partial charge on any atom is -0.399 e. The van der Waals surface area contributed by atoms with Gasteiger partial charge < -0.3 is 11.5 Å².